The van der Waals surface area contributed by atoms with Crippen molar-refractivity contribution in [1.82, 2.24) is 9.38 Å². The van der Waals surface area contributed by atoms with Crippen molar-refractivity contribution in [2.45, 2.75) is 18.8 Å². The Balaban J connectivity index is 2.21. The molecule has 1 fully saturated rings. The molecule has 2 nitrogen and oxygen atoms in total. The molecule has 3 rings (SSSR count). The van der Waals surface area contributed by atoms with Crippen molar-refractivity contribution in [2.24, 2.45) is 0 Å². The van der Waals surface area contributed by atoms with Crippen LogP contribution in [-0.4, -0.2) is 9.38 Å². The van der Waals surface area contributed by atoms with Crippen molar-refractivity contribution in [3.8, 4) is 0 Å². The van der Waals surface area contributed by atoms with Crippen molar-refractivity contribution < 1.29 is 0 Å². The predicted molar refractivity (Wildman–Crippen MR) is 46.0 cm³/mol. The second-order valence-electron chi connectivity index (χ2n) is 3.37. The Kier molecular flexibility index (Phi) is 1.09. The molecular formula is C10H9N2. The van der Waals surface area contributed by atoms with E-state index in [1.807, 2.05) is 10.6 Å². The SMILES string of the molecule is [c]1cn2cc(C3CC3)ccc2n1. The van der Waals surface area contributed by atoms with E-state index >= 15 is 0 Å². The number of aromatic nitrogens is 2. The standard InChI is InChI=1S/C10H9N2/c1-2-8(1)9-3-4-10-11-5-6-12(10)7-9/h3-4,6-8H,1-2H2. The van der Waals surface area contributed by atoms with Crippen LogP contribution >= 0.6 is 0 Å². The molecule has 0 spiro atoms. The van der Waals surface area contributed by atoms with Crippen molar-refractivity contribution in [3.05, 3.63) is 36.3 Å². The summed E-state index contributed by atoms with van der Waals surface area (Å²) in [6.07, 6.45) is 9.58. The fourth-order valence-corrected chi connectivity index (χ4v) is 1.54. The van der Waals surface area contributed by atoms with Crippen molar-refractivity contribution in [3.63, 3.8) is 0 Å². The van der Waals surface area contributed by atoms with Gasteiger partial charge in [-0.2, -0.15) is 0 Å². The first-order valence-corrected chi connectivity index (χ1v) is 4.28. The molecule has 0 saturated heterocycles. The van der Waals surface area contributed by atoms with Gasteiger partial charge in [-0.1, -0.05) is 6.07 Å². The molecule has 0 atom stereocenters. The molecule has 1 aliphatic carbocycles. The van der Waals surface area contributed by atoms with Crippen molar-refractivity contribution >= 4 is 5.65 Å². The number of nitrogens with zero attached hydrogens (tertiary/aromatic N) is 2. The third-order valence-corrected chi connectivity index (χ3v) is 2.40. The van der Waals surface area contributed by atoms with Gasteiger partial charge in [-0.25, -0.2) is 4.98 Å². The molecule has 2 aromatic heterocycles. The van der Waals surface area contributed by atoms with Crippen LogP contribution in [0.1, 0.15) is 24.3 Å². The van der Waals surface area contributed by atoms with Crippen LogP contribution in [-0.2, 0) is 0 Å². The Hall–Kier alpha value is -1.31. The van der Waals surface area contributed by atoms with Crippen LogP contribution in [0.5, 0.6) is 0 Å². The van der Waals surface area contributed by atoms with E-state index in [1.165, 1.54) is 18.4 Å². The van der Waals surface area contributed by atoms with E-state index in [2.05, 4.69) is 29.5 Å². The van der Waals surface area contributed by atoms with E-state index < -0.39 is 0 Å². The topological polar surface area (TPSA) is 17.3 Å². The Labute approximate surface area is 70.9 Å². The lowest BCUT2D eigenvalue weighted by atomic mass is 10.2. The molecule has 0 bridgehead atoms. The Bertz CT molecular complexity index is 412. The molecule has 0 aliphatic heterocycles. The molecule has 0 unspecified atom stereocenters. The first-order valence-electron chi connectivity index (χ1n) is 4.28. The van der Waals surface area contributed by atoms with E-state index in [-0.39, 0.29) is 0 Å². The monoisotopic (exact) mass is 157 g/mol. The maximum atomic E-state index is 4.08. The van der Waals surface area contributed by atoms with Gasteiger partial charge in [-0.15, -0.1) is 0 Å². The number of fused-ring (bicyclic) bond motifs is 1. The summed E-state index contributed by atoms with van der Waals surface area (Å²) in [5.74, 6) is 0.816. The number of imidazole rings is 1. The van der Waals surface area contributed by atoms with Gasteiger partial charge in [0.05, 0.1) is 0 Å². The lowest BCUT2D eigenvalue weighted by Crippen LogP contribution is -1.86. The van der Waals surface area contributed by atoms with Gasteiger partial charge >= 0.3 is 0 Å². The van der Waals surface area contributed by atoms with Gasteiger partial charge in [0.25, 0.3) is 0 Å². The molecule has 1 saturated carbocycles. The lowest BCUT2D eigenvalue weighted by Gasteiger charge is -1.98. The number of hydrogen-bond acceptors (Lipinski definition) is 1. The Morgan fingerprint density at radius 1 is 1.42 bits per heavy atom. The summed E-state index contributed by atoms with van der Waals surface area (Å²) >= 11 is 0. The minimum absolute atomic E-state index is 0.816. The summed E-state index contributed by atoms with van der Waals surface area (Å²) in [4.78, 5) is 4.08. The van der Waals surface area contributed by atoms with Crippen molar-refractivity contribution in [2.75, 3.05) is 0 Å². The smallest absolute Gasteiger partial charge is 0.137 e. The molecule has 0 amide bonds. The van der Waals surface area contributed by atoms with Gasteiger partial charge < -0.3 is 4.40 Å². The van der Waals surface area contributed by atoms with E-state index in [4.69, 9.17) is 0 Å². The normalized spacial score (nSPS) is 17.0. The third kappa shape index (κ3) is 0.843. The highest BCUT2D eigenvalue weighted by Gasteiger charge is 2.23. The summed E-state index contributed by atoms with van der Waals surface area (Å²) in [6, 6.07) is 4.23. The van der Waals surface area contributed by atoms with Gasteiger partial charge in [0.1, 0.15) is 11.8 Å². The molecule has 12 heavy (non-hydrogen) atoms. The molecule has 1 radical (unpaired) electrons. The molecular weight excluding hydrogens is 148 g/mol. The highest BCUT2D eigenvalue weighted by molar-refractivity contribution is 5.40. The van der Waals surface area contributed by atoms with Crippen LogP contribution in [0.15, 0.2) is 24.5 Å². The first kappa shape index (κ1) is 6.23. The molecule has 2 aromatic rings. The lowest BCUT2D eigenvalue weighted by molar-refractivity contribution is 1.06. The maximum absolute atomic E-state index is 4.08. The molecule has 2 heteroatoms. The first-order chi connectivity index (χ1) is 5.93. The quantitative estimate of drug-likeness (QED) is 0.619. The molecule has 2 heterocycles. The Morgan fingerprint density at radius 3 is 3.17 bits per heavy atom. The second-order valence-corrected chi connectivity index (χ2v) is 3.37. The minimum Gasteiger partial charge on any atom is -0.306 e. The molecule has 59 valence electrons. The predicted octanol–water partition coefficient (Wildman–Crippen LogP) is 2.01. The van der Waals surface area contributed by atoms with E-state index in [0.29, 0.717) is 0 Å². The largest absolute Gasteiger partial charge is 0.306 e. The van der Waals surface area contributed by atoms with E-state index in [1.54, 1.807) is 0 Å². The zero-order valence-electron chi connectivity index (χ0n) is 6.70. The van der Waals surface area contributed by atoms with Gasteiger partial charge in [0, 0.05) is 12.4 Å². The van der Waals surface area contributed by atoms with Crippen LogP contribution in [0.4, 0.5) is 0 Å². The summed E-state index contributed by atoms with van der Waals surface area (Å²) in [5, 5.41) is 0. The summed E-state index contributed by atoms with van der Waals surface area (Å²) in [7, 11) is 0. The fourth-order valence-electron chi connectivity index (χ4n) is 1.54. The molecule has 0 N–H and O–H groups in total. The highest BCUT2D eigenvalue weighted by Crippen LogP contribution is 2.39. The van der Waals surface area contributed by atoms with Gasteiger partial charge in [0.2, 0.25) is 0 Å². The van der Waals surface area contributed by atoms with E-state index in [0.717, 1.165) is 11.6 Å². The zero-order chi connectivity index (χ0) is 7.97. The maximum Gasteiger partial charge on any atom is 0.137 e. The van der Waals surface area contributed by atoms with Gasteiger partial charge in [-0.3, -0.25) is 0 Å². The number of rotatable bonds is 1. The van der Waals surface area contributed by atoms with Crippen molar-refractivity contribution in [1.29, 1.82) is 0 Å². The second kappa shape index (κ2) is 2.09. The van der Waals surface area contributed by atoms with Crippen LogP contribution in [0.25, 0.3) is 5.65 Å². The average Bonchev–Trinajstić information content (AvgIpc) is 2.84. The average molecular weight is 157 g/mol. The van der Waals surface area contributed by atoms with Crippen LogP contribution in [0, 0.1) is 6.20 Å². The minimum atomic E-state index is 0.816. The third-order valence-electron chi connectivity index (χ3n) is 2.40. The molecule has 1 aliphatic rings. The van der Waals surface area contributed by atoms with E-state index in [9.17, 15) is 0 Å². The fraction of sp³-hybridized carbons (Fsp3) is 0.300. The summed E-state index contributed by atoms with van der Waals surface area (Å²) < 4.78 is 2.04. The van der Waals surface area contributed by atoms with Gasteiger partial charge in [0.15, 0.2) is 0 Å². The number of pyridine rings is 1. The zero-order valence-corrected chi connectivity index (χ0v) is 6.70. The van der Waals surface area contributed by atoms with Crippen LogP contribution in [0.2, 0.25) is 0 Å². The van der Waals surface area contributed by atoms with Crippen LogP contribution in [0.3, 0.4) is 0 Å². The highest BCUT2D eigenvalue weighted by atomic mass is 15.0. The molecule has 0 aromatic carbocycles. The summed E-state index contributed by atoms with van der Waals surface area (Å²) in [5.41, 5.74) is 2.42. The number of hydrogen-bond donors (Lipinski definition) is 0. The van der Waals surface area contributed by atoms with Crippen LogP contribution < -0.4 is 0 Å². The summed E-state index contributed by atoms with van der Waals surface area (Å²) in [6.45, 7) is 0. The van der Waals surface area contributed by atoms with Gasteiger partial charge in [-0.05, 0) is 30.4 Å². The Morgan fingerprint density at radius 2 is 2.33 bits per heavy atom.